The van der Waals surface area contributed by atoms with Crippen LogP contribution in [-0.2, 0) is 11.3 Å². The zero-order chi connectivity index (χ0) is 15.2. The Hall–Kier alpha value is -2.87. The minimum Gasteiger partial charge on any atom is -0.381 e. The molecule has 0 radical (unpaired) electrons. The quantitative estimate of drug-likeness (QED) is 0.905. The molecule has 2 aromatic rings. The van der Waals surface area contributed by atoms with E-state index in [4.69, 9.17) is 5.26 Å². The van der Waals surface area contributed by atoms with Crippen molar-refractivity contribution >= 4 is 17.3 Å². The Morgan fingerprint density at radius 3 is 2.81 bits per heavy atom. The summed E-state index contributed by atoms with van der Waals surface area (Å²) in [7, 11) is 0. The van der Waals surface area contributed by atoms with Crippen LogP contribution in [0.3, 0.4) is 0 Å². The van der Waals surface area contributed by atoms with Gasteiger partial charge in [-0.3, -0.25) is 4.79 Å². The molecule has 106 valence electrons. The highest BCUT2D eigenvalue weighted by molar-refractivity contribution is 5.89. The van der Waals surface area contributed by atoms with E-state index >= 15 is 0 Å². The molecule has 0 heterocycles. The van der Waals surface area contributed by atoms with E-state index in [0.717, 1.165) is 5.56 Å². The first-order chi connectivity index (χ1) is 10.1. The lowest BCUT2D eigenvalue weighted by atomic mass is 10.1. The maximum Gasteiger partial charge on any atom is 0.221 e. The third kappa shape index (κ3) is 4.05. The van der Waals surface area contributed by atoms with Gasteiger partial charge in [0.05, 0.1) is 17.3 Å². The van der Waals surface area contributed by atoms with Crippen molar-refractivity contribution in [3.63, 3.8) is 0 Å². The monoisotopic (exact) mass is 283 g/mol. The normalized spacial score (nSPS) is 9.76. The van der Waals surface area contributed by atoms with E-state index in [2.05, 4.69) is 16.7 Å². The van der Waals surface area contributed by atoms with Crippen LogP contribution >= 0.6 is 0 Å². The number of hydrogen-bond donors (Lipinski definition) is 2. The number of carbonyl (C=O) groups excluding carboxylic acids is 1. The van der Waals surface area contributed by atoms with Crippen LogP contribution in [-0.4, -0.2) is 5.91 Å². The van der Waals surface area contributed by atoms with Crippen LogP contribution in [0, 0.1) is 17.1 Å². The molecule has 21 heavy (non-hydrogen) atoms. The number of nitriles is 1. The van der Waals surface area contributed by atoms with Crippen molar-refractivity contribution in [3.8, 4) is 6.07 Å². The Balaban J connectivity index is 2.09. The van der Waals surface area contributed by atoms with E-state index in [1.54, 1.807) is 18.2 Å². The summed E-state index contributed by atoms with van der Waals surface area (Å²) in [6.45, 7) is 1.83. The van der Waals surface area contributed by atoms with Gasteiger partial charge in [0.15, 0.2) is 0 Å². The largest absolute Gasteiger partial charge is 0.381 e. The van der Waals surface area contributed by atoms with Crippen LogP contribution in [0.5, 0.6) is 0 Å². The lowest BCUT2D eigenvalue weighted by molar-refractivity contribution is -0.114. The van der Waals surface area contributed by atoms with Crippen LogP contribution in [0.15, 0.2) is 42.5 Å². The Morgan fingerprint density at radius 2 is 2.10 bits per heavy atom. The molecule has 2 aromatic carbocycles. The summed E-state index contributed by atoms with van der Waals surface area (Å²) in [5.41, 5.74) is 2.35. The number of nitrogens with one attached hydrogen (secondary N) is 2. The molecule has 0 spiro atoms. The molecule has 0 bridgehead atoms. The zero-order valence-corrected chi connectivity index (χ0v) is 11.5. The molecule has 1 amide bonds. The van der Waals surface area contributed by atoms with Crippen molar-refractivity contribution in [1.29, 1.82) is 5.26 Å². The molecule has 0 aliphatic heterocycles. The topological polar surface area (TPSA) is 64.9 Å². The number of benzene rings is 2. The summed E-state index contributed by atoms with van der Waals surface area (Å²) in [5.74, 6) is -0.810. The average Bonchev–Trinajstić information content (AvgIpc) is 2.48. The van der Waals surface area contributed by atoms with Gasteiger partial charge in [-0.25, -0.2) is 4.39 Å². The van der Waals surface area contributed by atoms with Crippen molar-refractivity contribution in [2.24, 2.45) is 0 Å². The number of hydrogen-bond acceptors (Lipinski definition) is 3. The lowest BCUT2D eigenvalue weighted by Crippen LogP contribution is -2.08. The lowest BCUT2D eigenvalue weighted by Gasteiger charge is -2.10. The van der Waals surface area contributed by atoms with Gasteiger partial charge in [-0.2, -0.15) is 5.26 Å². The second kappa shape index (κ2) is 6.53. The van der Waals surface area contributed by atoms with Crippen LogP contribution in [0.25, 0.3) is 0 Å². The molecular weight excluding hydrogens is 269 g/mol. The van der Waals surface area contributed by atoms with Crippen molar-refractivity contribution in [1.82, 2.24) is 0 Å². The van der Waals surface area contributed by atoms with Crippen LogP contribution < -0.4 is 10.6 Å². The number of carbonyl (C=O) groups is 1. The summed E-state index contributed by atoms with van der Waals surface area (Å²) in [6.07, 6.45) is 0. The number of anilines is 2. The minimum atomic E-state index is -0.484. The van der Waals surface area contributed by atoms with Crippen molar-refractivity contribution < 1.29 is 9.18 Å². The van der Waals surface area contributed by atoms with Gasteiger partial charge in [0.1, 0.15) is 5.82 Å². The van der Waals surface area contributed by atoms with Crippen molar-refractivity contribution in [2.45, 2.75) is 13.5 Å². The second-order valence-corrected chi connectivity index (χ2v) is 4.54. The van der Waals surface area contributed by atoms with Crippen LogP contribution in [0.2, 0.25) is 0 Å². The fraction of sp³-hybridized carbons (Fsp3) is 0.125. The van der Waals surface area contributed by atoms with Crippen LogP contribution in [0.1, 0.15) is 18.1 Å². The summed E-state index contributed by atoms with van der Waals surface area (Å²) in [4.78, 5) is 11.0. The smallest absolute Gasteiger partial charge is 0.221 e. The summed E-state index contributed by atoms with van der Waals surface area (Å²) < 4.78 is 13.5. The number of rotatable bonds is 4. The average molecular weight is 283 g/mol. The Morgan fingerprint density at radius 1 is 1.29 bits per heavy atom. The van der Waals surface area contributed by atoms with Crippen molar-refractivity contribution in [3.05, 3.63) is 59.4 Å². The van der Waals surface area contributed by atoms with Gasteiger partial charge in [-0.05, 0) is 35.9 Å². The van der Waals surface area contributed by atoms with Gasteiger partial charge in [0, 0.05) is 19.2 Å². The maximum absolute atomic E-state index is 13.5. The molecular formula is C16H14FN3O. The van der Waals surface area contributed by atoms with E-state index in [1.807, 2.05) is 12.1 Å². The van der Waals surface area contributed by atoms with Crippen LogP contribution in [0.4, 0.5) is 15.8 Å². The molecule has 0 saturated carbocycles. The number of halogens is 1. The summed E-state index contributed by atoms with van der Waals surface area (Å²) in [6, 6.07) is 13.7. The first kappa shape index (κ1) is 14.5. The molecule has 2 N–H and O–H groups in total. The van der Waals surface area contributed by atoms with Gasteiger partial charge >= 0.3 is 0 Å². The fourth-order valence-corrected chi connectivity index (χ4v) is 1.88. The van der Waals surface area contributed by atoms with E-state index in [-0.39, 0.29) is 11.6 Å². The third-order valence-electron chi connectivity index (χ3n) is 2.83. The molecule has 0 aliphatic rings. The fourth-order valence-electron chi connectivity index (χ4n) is 1.88. The molecule has 0 saturated heterocycles. The van der Waals surface area contributed by atoms with Gasteiger partial charge < -0.3 is 10.6 Å². The van der Waals surface area contributed by atoms with E-state index < -0.39 is 5.82 Å². The Bertz CT molecular complexity index is 707. The number of amides is 1. The predicted molar refractivity (Wildman–Crippen MR) is 79.2 cm³/mol. The molecule has 0 aromatic heterocycles. The Labute approximate surface area is 122 Å². The Kier molecular flexibility index (Phi) is 4.52. The molecule has 0 atom stereocenters. The summed E-state index contributed by atoms with van der Waals surface area (Å²) >= 11 is 0. The van der Waals surface area contributed by atoms with Gasteiger partial charge in [0.25, 0.3) is 0 Å². The molecule has 5 heteroatoms. The molecule has 0 aliphatic carbocycles. The minimum absolute atomic E-state index is 0.137. The highest BCUT2D eigenvalue weighted by Crippen LogP contribution is 2.20. The zero-order valence-electron chi connectivity index (χ0n) is 11.5. The van der Waals surface area contributed by atoms with E-state index in [1.165, 1.54) is 19.1 Å². The van der Waals surface area contributed by atoms with Gasteiger partial charge in [-0.15, -0.1) is 0 Å². The highest BCUT2D eigenvalue weighted by Gasteiger charge is 2.05. The first-order valence-corrected chi connectivity index (χ1v) is 6.38. The predicted octanol–water partition coefficient (Wildman–Crippen LogP) is 3.27. The van der Waals surface area contributed by atoms with E-state index in [9.17, 15) is 9.18 Å². The molecule has 4 nitrogen and oxygen atoms in total. The second-order valence-electron chi connectivity index (χ2n) is 4.54. The molecule has 0 unspecified atom stereocenters. The first-order valence-electron chi connectivity index (χ1n) is 6.38. The highest BCUT2D eigenvalue weighted by atomic mass is 19.1. The van der Waals surface area contributed by atoms with E-state index in [0.29, 0.717) is 17.8 Å². The van der Waals surface area contributed by atoms with Gasteiger partial charge in [0.2, 0.25) is 5.91 Å². The molecule has 0 fully saturated rings. The SMILES string of the molecule is CC(=O)Nc1cc(NCc2cccc(C#N)c2)ccc1F. The summed E-state index contributed by atoms with van der Waals surface area (Å²) in [5, 5.41) is 14.4. The third-order valence-corrected chi connectivity index (χ3v) is 2.83. The van der Waals surface area contributed by atoms with Gasteiger partial charge in [-0.1, -0.05) is 12.1 Å². The molecule has 2 rings (SSSR count). The maximum atomic E-state index is 13.5. The van der Waals surface area contributed by atoms with Crippen molar-refractivity contribution in [2.75, 3.05) is 10.6 Å². The standard InChI is InChI=1S/C16H14FN3O/c1-11(21)20-16-8-14(5-6-15(16)17)19-10-13-4-2-3-12(7-13)9-18/h2-8,19H,10H2,1H3,(H,20,21). The number of nitrogens with zero attached hydrogens (tertiary/aromatic N) is 1.